The zero-order valence-corrected chi connectivity index (χ0v) is 13.6. The molecule has 2 aromatic rings. The fraction of sp³-hybridized carbons (Fsp3) is 0.333. The Morgan fingerprint density at radius 1 is 1.20 bits per heavy atom. The molecule has 2 saturated heterocycles. The predicted octanol–water partition coefficient (Wildman–Crippen LogP) is 0.729. The molecular weight excluding hydrogens is 320 g/mol. The number of carbonyl (C=O) groups excluding carboxylic acids is 2. The van der Waals surface area contributed by atoms with Gasteiger partial charge in [-0.3, -0.25) is 9.59 Å². The molecule has 2 aliphatic rings. The van der Waals surface area contributed by atoms with Gasteiger partial charge in [-0.1, -0.05) is 30.3 Å². The van der Waals surface area contributed by atoms with Crippen LogP contribution in [0.2, 0.25) is 0 Å². The molecule has 0 radical (unpaired) electrons. The van der Waals surface area contributed by atoms with Gasteiger partial charge >= 0.3 is 0 Å². The first-order valence-electron chi connectivity index (χ1n) is 8.22. The van der Waals surface area contributed by atoms with E-state index in [0.717, 1.165) is 5.56 Å². The largest absolute Gasteiger partial charge is 0.364 e. The van der Waals surface area contributed by atoms with E-state index in [0.29, 0.717) is 25.3 Å². The van der Waals surface area contributed by atoms with E-state index in [-0.39, 0.29) is 30.6 Å². The summed E-state index contributed by atoms with van der Waals surface area (Å²) in [5, 5.41) is 0. The smallest absolute Gasteiger partial charge is 0.272 e. The molecule has 4 rings (SSSR count). The Balaban J connectivity index is 1.52. The van der Waals surface area contributed by atoms with Crippen LogP contribution in [0.4, 0.5) is 0 Å². The minimum atomic E-state index is -0.160. The fourth-order valence-electron chi connectivity index (χ4n) is 3.40. The molecule has 2 fully saturated rings. The summed E-state index contributed by atoms with van der Waals surface area (Å²) < 4.78 is 5.68. The van der Waals surface area contributed by atoms with Crippen molar-refractivity contribution in [2.45, 2.75) is 18.7 Å². The Morgan fingerprint density at radius 2 is 2.04 bits per heavy atom. The summed E-state index contributed by atoms with van der Waals surface area (Å²) in [6.07, 6.45) is 2.75. The number of hydrogen-bond acceptors (Lipinski definition) is 5. The van der Waals surface area contributed by atoms with Gasteiger partial charge in [-0.2, -0.15) is 0 Å². The quantitative estimate of drug-likeness (QED) is 0.825. The topological polar surface area (TPSA) is 75.6 Å². The summed E-state index contributed by atoms with van der Waals surface area (Å²) >= 11 is 0. The molecule has 128 valence electrons. The Morgan fingerprint density at radius 3 is 2.80 bits per heavy atom. The molecular formula is C18H18N4O3. The van der Waals surface area contributed by atoms with E-state index in [9.17, 15) is 9.59 Å². The summed E-state index contributed by atoms with van der Waals surface area (Å²) in [5.74, 6) is -0.200. The maximum atomic E-state index is 12.6. The van der Waals surface area contributed by atoms with Crippen molar-refractivity contribution >= 4 is 11.8 Å². The van der Waals surface area contributed by atoms with Crippen molar-refractivity contribution in [2.24, 2.45) is 0 Å². The molecule has 7 nitrogen and oxygen atoms in total. The number of morpholine rings is 1. The van der Waals surface area contributed by atoms with Crippen molar-refractivity contribution in [3.05, 3.63) is 60.2 Å². The first-order valence-corrected chi connectivity index (χ1v) is 8.22. The maximum Gasteiger partial charge on any atom is 0.272 e. The fourth-order valence-corrected chi connectivity index (χ4v) is 3.40. The van der Waals surface area contributed by atoms with Crippen LogP contribution in [0.25, 0.3) is 0 Å². The average Bonchev–Trinajstić information content (AvgIpc) is 3.10. The normalized spacial score (nSPS) is 22.8. The SMILES string of the molecule is O=C(c1ccncn1)N1C[C@@H]2[C@@H](C1)OCC(=O)N2Cc1ccccc1. The van der Waals surface area contributed by atoms with Crippen molar-refractivity contribution < 1.29 is 14.3 Å². The van der Waals surface area contributed by atoms with Crippen LogP contribution >= 0.6 is 0 Å². The van der Waals surface area contributed by atoms with Crippen LogP contribution < -0.4 is 0 Å². The predicted molar refractivity (Wildman–Crippen MR) is 88.5 cm³/mol. The lowest BCUT2D eigenvalue weighted by atomic mass is 10.1. The Labute approximate surface area is 145 Å². The molecule has 0 spiro atoms. The molecule has 0 aliphatic carbocycles. The highest BCUT2D eigenvalue weighted by Gasteiger charge is 2.44. The molecule has 2 atom stereocenters. The zero-order chi connectivity index (χ0) is 17.2. The van der Waals surface area contributed by atoms with Crippen molar-refractivity contribution in [3.63, 3.8) is 0 Å². The van der Waals surface area contributed by atoms with Crippen LogP contribution in [0.15, 0.2) is 48.9 Å². The Kier molecular flexibility index (Phi) is 4.15. The number of carbonyl (C=O) groups is 2. The highest BCUT2D eigenvalue weighted by atomic mass is 16.5. The molecule has 2 aliphatic heterocycles. The zero-order valence-electron chi connectivity index (χ0n) is 13.6. The maximum absolute atomic E-state index is 12.6. The van der Waals surface area contributed by atoms with Crippen LogP contribution in [0.5, 0.6) is 0 Å². The Bertz CT molecular complexity index is 768. The van der Waals surface area contributed by atoms with Gasteiger partial charge in [0, 0.05) is 25.8 Å². The van der Waals surface area contributed by atoms with E-state index < -0.39 is 0 Å². The molecule has 25 heavy (non-hydrogen) atoms. The lowest BCUT2D eigenvalue weighted by Gasteiger charge is -2.36. The van der Waals surface area contributed by atoms with Crippen molar-refractivity contribution in [1.29, 1.82) is 0 Å². The van der Waals surface area contributed by atoms with Crippen LogP contribution in [-0.4, -0.2) is 63.4 Å². The molecule has 0 unspecified atom stereocenters. The number of nitrogens with zero attached hydrogens (tertiary/aromatic N) is 4. The molecule has 7 heteroatoms. The van der Waals surface area contributed by atoms with Crippen LogP contribution in [0.3, 0.4) is 0 Å². The summed E-state index contributed by atoms with van der Waals surface area (Å²) in [5.41, 5.74) is 1.42. The van der Waals surface area contributed by atoms with E-state index >= 15 is 0 Å². The molecule has 0 bridgehead atoms. The summed E-state index contributed by atoms with van der Waals surface area (Å²) in [7, 11) is 0. The van der Waals surface area contributed by atoms with Crippen molar-refractivity contribution in [1.82, 2.24) is 19.8 Å². The molecule has 0 N–H and O–H groups in total. The highest BCUT2D eigenvalue weighted by molar-refractivity contribution is 5.92. The van der Waals surface area contributed by atoms with Crippen molar-refractivity contribution in [2.75, 3.05) is 19.7 Å². The summed E-state index contributed by atoms with van der Waals surface area (Å²) in [6.45, 7) is 1.50. The molecule has 1 aromatic carbocycles. The van der Waals surface area contributed by atoms with Gasteiger partial charge in [-0.25, -0.2) is 9.97 Å². The Hall–Kier alpha value is -2.80. The minimum absolute atomic E-state index is 0.0403. The first-order chi connectivity index (χ1) is 12.2. The molecule has 3 heterocycles. The number of fused-ring (bicyclic) bond motifs is 1. The van der Waals surface area contributed by atoms with Gasteiger partial charge in [0.05, 0.1) is 12.1 Å². The van der Waals surface area contributed by atoms with E-state index in [1.807, 2.05) is 35.2 Å². The van der Waals surface area contributed by atoms with Gasteiger partial charge in [0.1, 0.15) is 18.6 Å². The number of benzene rings is 1. The molecule has 2 amide bonds. The van der Waals surface area contributed by atoms with E-state index in [2.05, 4.69) is 9.97 Å². The minimum Gasteiger partial charge on any atom is -0.364 e. The molecule has 1 aromatic heterocycles. The van der Waals surface area contributed by atoms with Crippen LogP contribution in [-0.2, 0) is 16.1 Å². The average molecular weight is 338 g/mol. The van der Waals surface area contributed by atoms with Gasteiger partial charge < -0.3 is 14.5 Å². The second-order valence-corrected chi connectivity index (χ2v) is 6.23. The lowest BCUT2D eigenvalue weighted by Crippen LogP contribution is -2.53. The highest BCUT2D eigenvalue weighted by Crippen LogP contribution is 2.26. The number of hydrogen-bond donors (Lipinski definition) is 0. The third-order valence-electron chi connectivity index (χ3n) is 4.66. The number of rotatable bonds is 3. The summed E-state index contributed by atoms with van der Waals surface area (Å²) in [6, 6.07) is 11.3. The van der Waals surface area contributed by atoms with Crippen LogP contribution in [0, 0.1) is 0 Å². The van der Waals surface area contributed by atoms with Gasteiger partial charge in [0.25, 0.3) is 5.91 Å². The van der Waals surface area contributed by atoms with Gasteiger partial charge in [-0.05, 0) is 11.6 Å². The number of ether oxygens (including phenoxy) is 1. The van der Waals surface area contributed by atoms with Gasteiger partial charge in [0.15, 0.2) is 0 Å². The monoisotopic (exact) mass is 338 g/mol. The molecule has 0 saturated carbocycles. The summed E-state index contributed by atoms with van der Waals surface area (Å²) in [4.78, 5) is 36.4. The van der Waals surface area contributed by atoms with Crippen LogP contribution in [0.1, 0.15) is 16.1 Å². The number of likely N-dealkylation sites (tertiary alicyclic amines) is 1. The van der Waals surface area contributed by atoms with E-state index in [1.54, 1.807) is 17.2 Å². The number of aromatic nitrogens is 2. The van der Waals surface area contributed by atoms with Crippen molar-refractivity contribution in [3.8, 4) is 0 Å². The van der Waals surface area contributed by atoms with Gasteiger partial charge in [-0.15, -0.1) is 0 Å². The van der Waals surface area contributed by atoms with E-state index in [1.165, 1.54) is 6.33 Å². The lowest BCUT2D eigenvalue weighted by molar-refractivity contribution is -0.153. The first kappa shape index (κ1) is 15.7. The third kappa shape index (κ3) is 3.10. The standard InChI is InChI=1S/C18H18N4O3/c23-17-11-25-16-10-21(18(24)14-6-7-19-12-20-14)9-15(16)22(17)8-13-4-2-1-3-5-13/h1-7,12,15-16H,8-11H2/t15-,16-/m1/s1. The second kappa shape index (κ2) is 6.60. The van der Waals surface area contributed by atoms with E-state index in [4.69, 9.17) is 4.74 Å². The van der Waals surface area contributed by atoms with Gasteiger partial charge in [0.2, 0.25) is 5.91 Å². The number of amides is 2. The second-order valence-electron chi connectivity index (χ2n) is 6.23. The third-order valence-corrected chi connectivity index (χ3v) is 4.66.